The summed E-state index contributed by atoms with van der Waals surface area (Å²) < 4.78 is 0. The molecule has 0 aliphatic heterocycles. The first-order valence-electron chi connectivity index (χ1n) is 8.16. The van der Waals surface area contributed by atoms with Gasteiger partial charge in [-0.15, -0.1) is 0 Å². The zero-order valence-corrected chi connectivity index (χ0v) is 14.8. The largest absolute Gasteiger partial charge is 0.352 e. The van der Waals surface area contributed by atoms with Crippen LogP contribution >= 0.6 is 0 Å². The van der Waals surface area contributed by atoms with Crippen molar-refractivity contribution < 1.29 is 9.59 Å². The molecule has 0 saturated heterocycles. The summed E-state index contributed by atoms with van der Waals surface area (Å²) in [5.74, 6) is 0.0909. The fourth-order valence-corrected chi connectivity index (χ4v) is 2.24. The van der Waals surface area contributed by atoms with Gasteiger partial charge in [0, 0.05) is 17.8 Å². The Bertz CT molecular complexity index is 565. The Balaban J connectivity index is 2.81. The van der Waals surface area contributed by atoms with Gasteiger partial charge < -0.3 is 16.4 Å². The highest BCUT2D eigenvalue weighted by molar-refractivity contribution is 5.99. The molecule has 0 radical (unpaired) electrons. The van der Waals surface area contributed by atoms with E-state index in [0.717, 1.165) is 12.0 Å². The van der Waals surface area contributed by atoms with Gasteiger partial charge >= 0.3 is 0 Å². The Hall–Kier alpha value is -1.88. The number of aryl methyl sites for hydroxylation is 1. The van der Waals surface area contributed by atoms with E-state index in [0.29, 0.717) is 30.1 Å². The number of benzene rings is 1. The smallest absolute Gasteiger partial charge is 0.251 e. The number of carbonyl (C=O) groups excluding carboxylic acids is 2. The van der Waals surface area contributed by atoms with Crippen molar-refractivity contribution in [1.82, 2.24) is 5.32 Å². The molecule has 2 amide bonds. The van der Waals surface area contributed by atoms with Crippen LogP contribution in [-0.4, -0.2) is 23.9 Å². The van der Waals surface area contributed by atoms with E-state index in [-0.39, 0.29) is 11.8 Å². The molecule has 0 bridgehead atoms. The molecule has 0 saturated carbocycles. The third-order valence-electron chi connectivity index (χ3n) is 3.70. The molecule has 1 aromatic rings. The minimum Gasteiger partial charge on any atom is -0.352 e. The van der Waals surface area contributed by atoms with E-state index in [1.807, 2.05) is 27.7 Å². The van der Waals surface area contributed by atoms with Gasteiger partial charge in [-0.1, -0.05) is 27.2 Å². The van der Waals surface area contributed by atoms with E-state index < -0.39 is 5.54 Å². The molecule has 0 fully saturated rings. The average molecular weight is 319 g/mol. The fraction of sp³-hybridized carbons (Fsp3) is 0.556. The summed E-state index contributed by atoms with van der Waals surface area (Å²) in [5, 5.41) is 5.74. The highest BCUT2D eigenvalue weighted by atomic mass is 16.2. The van der Waals surface area contributed by atoms with Crippen LogP contribution in [-0.2, 0) is 4.79 Å². The van der Waals surface area contributed by atoms with Gasteiger partial charge in [-0.3, -0.25) is 9.59 Å². The Kier molecular flexibility index (Phi) is 6.76. The van der Waals surface area contributed by atoms with Gasteiger partial charge in [0.25, 0.3) is 5.91 Å². The molecule has 1 rings (SSSR count). The van der Waals surface area contributed by atoms with Crippen LogP contribution in [0.5, 0.6) is 0 Å². The summed E-state index contributed by atoms with van der Waals surface area (Å²) in [5.41, 5.74) is 7.25. The van der Waals surface area contributed by atoms with Gasteiger partial charge in [0.15, 0.2) is 0 Å². The van der Waals surface area contributed by atoms with Crippen LogP contribution in [0.2, 0.25) is 0 Å². The maximum absolute atomic E-state index is 12.3. The van der Waals surface area contributed by atoms with Gasteiger partial charge in [0.1, 0.15) is 0 Å². The Morgan fingerprint density at radius 3 is 2.48 bits per heavy atom. The molecule has 4 N–H and O–H groups in total. The topological polar surface area (TPSA) is 84.2 Å². The van der Waals surface area contributed by atoms with Crippen molar-refractivity contribution in [3.8, 4) is 0 Å². The molecule has 0 aliphatic carbocycles. The van der Waals surface area contributed by atoms with Crippen molar-refractivity contribution in [3.05, 3.63) is 29.3 Å². The number of carbonyl (C=O) groups is 2. The van der Waals surface area contributed by atoms with Gasteiger partial charge in [0.2, 0.25) is 5.91 Å². The summed E-state index contributed by atoms with van der Waals surface area (Å²) in [4.78, 5) is 24.3. The zero-order valence-electron chi connectivity index (χ0n) is 14.8. The Labute approximate surface area is 139 Å². The van der Waals surface area contributed by atoms with Crippen LogP contribution in [0.25, 0.3) is 0 Å². The molecule has 0 spiro atoms. The van der Waals surface area contributed by atoms with Crippen LogP contribution < -0.4 is 16.4 Å². The Morgan fingerprint density at radius 2 is 1.96 bits per heavy atom. The van der Waals surface area contributed by atoms with Gasteiger partial charge in [0.05, 0.1) is 5.54 Å². The molecule has 0 aromatic heterocycles. The molecule has 23 heavy (non-hydrogen) atoms. The average Bonchev–Trinajstić information content (AvgIpc) is 2.46. The van der Waals surface area contributed by atoms with Crippen LogP contribution in [0.1, 0.15) is 56.5 Å². The normalized spacial score (nSPS) is 13.5. The molecule has 128 valence electrons. The maximum Gasteiger partial charge on any atom is 0.251 e. The highest BCUT2D eigenvalue weighted by Crippen LogP contribution is 2.19. The minimum absolute atomic E-state index is 0.102. The number of amides is 2. The molecule has 1 atom stereocenters. The van der Waals surface area contributed by atoms with E-state index in [2.05, 4.69) is 10.6 Å². The number of hydrogen-bond acceptors (Lipinski definition) is 3. The number of nitrogens with one attached hydrogen (secondary N) is 2. The first kappa shape index (κ1) is 19.2. The predicted molar refractivity (Wildman–Crippen MR) is 94.5 cm³/mol. The van der Waals surface area contributed by atoms with Crippen molar-refractivity contribution in [1.29, 1.82) is 0 Å². The number of anilines is 1. The second-order valence-corrected chi connectivity index (χ2v) is 6.76. The van der Waals surface area contributed by atoms with Crippen LogP contribution in [0.15, 0.2) is 18.2 Å². The van der Waals surface area contributed by atoms with Crippen LogP contribution in [0.4, 0.5) is 5.69 Å². The minimum atomic E-state index is -0.894. The molecule has 0 aliphatic rings. The number of rotatable bonds is 7. The molecular weight excluding hydrogens is 290 g/mol. The summed E-state index contributed by atoms with van der Waals surface area (Å²) in [6.07, 6.45) is 1.46. The summed E-state index contributed by atoms with van der Waals surface area (Å²) in [7, 11) is 0. The monoisotopic (exact) mass is 319 g/mol. The van der Waals surface area contributed by atoms with E-state index in [9.17, 15) is 9.59 Å². The molecule has 0 heterocycles. The summed E-state index contributed by atoms with van der Waals surface area (Å²) in [6, 6.07) is 5.24. The molecule has 1 unspecified atom stereocenters. The van der Waals surface area contributed by atoms with E-state index in [1.165, 1.54) is 0 Å². The summed E-state index contributed by atoms with van der Waals surface area (Å²) >= 11 is 0. The van der Waals surface area contributed by atoms with Crippen molar-refractivity contribution in [2.45, 2.75) is 53.0 Å². The predicted octanol–water partition coefficient (Wildman–Crippen LogP) is 2.84. The zero-order chi connectivity index (χ0) is 17.6. The van der Waals surface area contributed by atoms with E-state index in [4.69, 9.17) is 5.73 Å². The number of hydrogen-bond donors (Lipinski definition) is 3. The molecule has 5 heteroatoms. The van der Waals surface area contributed by atoms with Gasteiger partial charge in [-0.05, 0) is 49.9 Å². The lowest BCUT2D eigenvalue weighted by Gasteiger charge is -2.23. The van der Waals surface area contributed by atoms with Crippen molar-refractivity contribution in [2.75, 3.05) is 11.9 Å². The van der Waals surface area contributed by atoms with E-state index >= 15 is 0 Å². The molecule has 1 aromatic carbocycles. The lowest BCUT2D eigenvalue weighted by Crippen LogP contribution is -2.48. The van der Waals surface area contributed by atoms with Crippen molar-refractivity contribution in [2.24, 2.45) is 11.7 Å². The quantitative estimate of drug-likeness (QED) is 0.722. The van der Waals surface area contributed by atoms with Gasteiger partial charge in [-0.2, -0.15) is 0 Å². The van der Waals surface area contributed by atoms with Gasteiger partial charge in [-0.25, -0.2) is 0 Å². The lowest BCUT2D eigenvalue weighted by molar-refractivity contribution is -0.120. The Morgan fingerprint density at radius 1 is 1.30 bits per heavy atom. The standard InChI is InChI=1S/C18H29N3O2/c1-6-9-18(5,19)17(23)21-15-8-7-14(10-13(15)4)16(22)20-11-12(2)3/h7-8,10,12H,6,9,11,19H2,1-5H3,(H,20,22)(H,21,23). The second-order valence-electron chi connectivity index (χ2n) is 6.76. The second kappa shape index (κ2) is 8.11. The van der Waals surface area contributed by atoms with Crippen LogP contribution in [0.3, 0.4) is 0 Å². The van der Waals surface area contributed by atoms with Crippen molar-refractivity contribution in [3.63, 3.8) is 0 Å². The lowest BCUT2D eigenvalue weighted by atomic mass is 9.96. The highest BCUT2D eigenvalue weighted by Gasteiger charge is 2.27. The van der Waals surface area contributed by atoms with Crippen LogP contribution in [0, 0.1) is 12.8 Å². The first-order chi connectivity index (χ1) is 10.7. The third-order valence-corrected chi connectivity index (χ3v) is 3.70. The number of nitrogens with two attached hydrogens (primary N) is 1. The van der Waals surface area contributed by atoms with E-state index in [1.54, 1.807) is 25.1 Å². The SMILES string of the molecule is CCCC(C)(N)C(=O)Nc1ccc(C(=O)NCC(C)C)cc1C. The first-order valence-corrected chi connectivity index (χ1v) is 8.16. The molecular formula is C18H29N3O2. The summed E-state index contributed by atoms with van der Waals surface area (Å²) in [6.45, 7) is 10.3. The van der Waals surface area contributed by atoms with Crippen molar-refractivity contribution >= 4 is 17.5 Å². The fourth-order valence-electron chi connectivity index (χ4n) is 2.24. The third kappa shape index (κ3) is 5.67. The maximum atomic E-state index is 12.3. The molecule has 5 nitrogen and oxygen atoms in total.